The van der Waals surface area contributed by atoms with Gasteiger partial charge < -0.3 is 5.11 Å². The summed E-state index contributed by atoms with van der Waals surface area (Å²) < 4.78 is 13.1. The first kappa shape index (κ1) is 12.4. The average molecular weight is 196 g/mol. The third kappa shape index (κ3) is 3.01. The quantitative estimate of drug-likeness (QED) is 0.524. The van der Waals surface area contributed by atoms with Crippen LogP contribution in [0.2, 0.25) is 0 Å². The van der Waals surface area contributed by atoms with Gasteiger partial charge in [0.05, 0.1) is 5.92 Å². The minimum absolute atomic E-state index is 0.0346. The van der Waals surface area contributed by atoms with Gasteiger partial charge in [-0.2, -0.15) is 0 Å². The Bertz CT molecular complexity index is 290. The molecular weight excluding hydrogens is 183 g/mol. The maximum atomic E-state index is 13.1. The third-order valence-corrected chi connectivity index (χ3v) is 1.75. The number of carboxylic acids is 1. The number of halogens is 1. The van der Waals surface area contributed by atoms with Gasteiger partial charge in [-0.05, 0) is 12.5 Å². The van der Waals surface area contributed by atoms with Gasteiger partial charge in [0.15, 0.2) is 0 Å². The fourth-order valence-corrected chi connectivity index (χ4v) is 1.05. The van der Waals surface area contributed by atoms with Gasteiger partial charge in [-0.25, -0.2) is 4.39 Å². The molecule has 0 aliphatic rings. The molecule has 2 nitrogen and oxygen atoms in total. The highest BCUT2D eigenvalue weighted by atomic mass is 19.1. The summed E-state index contributed by atoms with van der Waals surface area (Å²) in [4.78, 5) is 10.8. The Morgan fingerprint density at radius 2 is 1.93 bits per heavy atom. The summed E-state index contributed by atoms with van der Waals surface area (Å²) in [5.74, 6) is -2.70. The molecule has 0 aromatic heterocycles. The van der Waals surface area contributed by atoms with Crippen LogP contribution in [0.5, 0.6) is 0 Å². The molecule has 0 rings (SSSR count). The molecule has 0 aliphatic carbocycles. The van der Waals surface area contributed by atoms with Crippen molar-refractivity contribution in [1.82, 2.24) is 0 Å². The highest BCUT2D eigenvalue weighted by molar-refractivity contribution is 5.75. The molecule has 0 aliphatic heterocycles. The molecule has 76 valence electrons. The lowest BCUT2D eigenvalue weighted by Gasteiger charge is -2.11. The van der Waals surface area contributed by atoms with Gasteiger partial charge in [0.2, 0.25) is 0 Å². The van der Waals surface area contributed by atoms with E-state index in [2.05, 4.69) is 19.7 Å². The van der Waals surface area contributed by atoms with Crippen LogP contribution in [-0.2, 0) is 4.79 Å². The molecule has 3 heteroatoms. The van der Waals surface area contributed by atoms with Gasteiger partial charge in [0, 0.05) is 5.57 Å². The Hall–Kier alpha value is -1.64. The molecule has 1 unspecified atom stereocenters. The number of carbonyl (C=O) groups is 1. The van der Waals surface area contributed by atoms with Crippen molar-refractivity contribution in [1.29, 1.82) is 0 Å². The van der Waals surface area contributed by atoms with Gasteiger partial charge in [-0.3, -0.25) is 4.79 Å². The van der Waals surface area contributed by atoms with Crippen molar-refractivity contribution < 1.29 is 14.3 Å². The lowest BCUT2D eigenvalue weighted by molar-refractivity contribution is -0.140. The van der Waals surface area contributed by atoms with Gasteiger partial charge in [0.25, 0.3) is 0 Å². The van der Waals surface area contributed by atoms with Crippen LogP contribution < -0.4 is 0 Å². The first-order valence-corrected chi connectivity index (χ1v) is 4.06. The zero-order valence-electron chi connectivity index (χ0n) is 7.87. The molecule has 1 atom stereocenters. The molecule has 0 aromatic carbocycles. The van der Waals surface area contributed by atoms with E-state index in [9.17, 15) is 9.18 Å². The summed E-state index contributed by atoms with van der Waals surface area (Å²) in [5.41, 5.74) is 0.0346. The first-order valence-electron chi connectivity index (χ1n) is 4.06. The van der Waals surface area contributed by atoms with E-state index < -0.39 is 17.7 Å². The molecule has 0 radical (unpaired) electrons. The summed E-state index contributed by atoms with van der Waals surface area (Å²) >= 11 is 0. The zero-order valence-corrected chi connectivity index (χ0v) is 7.87. The number of hydrogen-bond donors (Lipinski definition) is 1. The van der Waals surface area contributed by atoms with E-state index in [0.717, 1.165) is 6.08 Å². The van der Waals surface area contributed by atoms with Crippen molar-refractivity contribution >= 4 is 5.97 Å². The summed E-state index contributed by atoms with van der Waals surface area (Å²) in [7, 11) is 0. The van der Waals surface area contributed by atoms with Gasteiger partial charge in [0.1, 0.15) is 5.83 Å². The number of hydrogen-bond acceptors (Lipinski definition) is 1. The van der Waals surface area contributed by atoms with Crippen molar-refractivity contribution in [2.45, 2.75) is 6.42 Å². The zero-order chi connectivity index (χ0) is 11.1. The second-order valence-electron chi connectivity index (χ2n) is 2.63. The second kappa shape index (κ2) is 5.91. The molecule has 0 spiro atoms. The third-order valence-electron chi connectivity index (χ3n) is 1.75. The SMILES string of the molecule is C=CCC(C(=O)O)C(C=C)=C(F)C=C. The maximum Gasteiger partial charge on any atom is 0.311 e. The van der Waals surface area contributed by atoms with Crippen LogP contribution in [-0.4, -0.2) is 11.1 Å². The van der Waals surface area contributed by atoms with Gasteiger partial charge in [-0.15, -0.1) is 6.58 Å². The van der Waals surface area contributed by atoms with E-state index in [0.29, 0.717) is 0 Å². The predicted octanol–water partition coefficient (Wildman–Crippen LogP) is 2.86. The van der Waals surface area contributed by atoms with Gasteiger partial charge in [-0.1, -0.05) is 25.3 Å². The molecule has 0 saturated carbocycles. The van der Waals surface area contributed by atoms with Gasteiger partial charge >= 0.3 is 5.97 Å². The molecule has 0 bridgehead atoms. The van der Waals surface area contributed by atoms with E-state index in [-0.39, 0.29) is 12.0 Å². The van der Waals surface area contributed by atoms with E-state index >= 15 is 0 Å². The van der Waals surface area contributed by atoms with Crippen molar-refractivity contribution in [3.8, 4) is 0 Å². The highest BCUT2D eigenvalue weighted by Gasteiger charge is 2.21. The molecule has 0 aromatic rings. The second-order valence-corrected chi connectivity index (χ2v) is 2.63. The van der Waals surface area contributed by atoms with E-state index in [1.54, 1.807) is 0 Å². The number of allylic oxidation sites excluding steroid dienone is 4. The number of aliphatic carboxylic acids is 1. The van der Waals surface area contributed by atoms with Crippen LogP contribution in [0.25, 0.3) is 0 Å². The lowest BCUT2D eigenvalue weighted by Crippen LogP contribution is -2.15. The monoisotopic (exact) mass is 196 g/mol. The van der Waals surface area contributed by atoms with E-state index in [4.69, 9.17) is 5.11 Å². The molecule has 0 saturated heterocycles. The molecular formula is C11H13FO2. The van der Waals surface area contributed by atoms with E-state index in [1.807, 2.05) is 0 Å². The topological polar surface area (TPSA) is 37.3 Å². The Balaban J connectivity index is 5.13. The molecule has 0 amide bonds. The fourth-order valence-electron chi connectivity index (χ4n) is 1.05. The maximum absolute atomic E-state index is 13.1. The van der Waals surface area contributed by atoms with Crippen LogP contribution in [0.3, 0.4) is 0 Å². The Morgan fingerprint density at radius 3 is 2.21 bits per heavy atom. The van der Waals surface area contributed by atoms with Crippen molar-refractivity contribution in [2.75, 3.05) is 0 Å². The highest BCUT2D eigenvalue weighted by Crippen LogP contribution is 2.22. The molecule has 1 N–H and O–H groups in total. The predicted molar refractivity (Wildman–Crippen MR) is 54.5 cm³/mol. The number of carboxylic acid groups (broad SMARTS) is 1. The van der Waals surface area contributed by atoms with Crippen molar-refractivity contribution in [3.63, 3.8) is 0 Å². The van der Waals surface area contributed by atoms with E-state index in [1.165, 1.54) is 12.2 Å². The van der Waals surface area contributed by atoms with Crippen LogP contribution in [0.4, 0.5) is 4.39 Å². The van der Waals surface area contributed by atoms with Crippen LogP contribution >= 0.6 is 0 Å². The molecule has 14 heavy (non-hydrogen) atoms. The van der Waals surface area contributed by atoms with Crippen LogP contribution in [0.15, 0.2) is 49.4 Å². The molecule has 0 heterocycles. The van der Waals surface area contributed by atoms with Crippen molar-refractivity contribution in [3.05, 3.63) is 49.4 Å². The van der Waals surface area contributed by atoms with Crippen LogP contribution in [0.1, 0.15) is 6.42 Å². The summed E-state index contributed by atoms with van der Waals surface area (Å²) in [5, 5.41) is 8.82. The average Bonchev–Trinajstić information content (AvgIpc) is 2.16. The van der Waals surface area contributed by atoms with Crippen LogP contribution in [0, 0.1) is 5.92 Å². The molecule has 0 fully saturated rings. The minimum atomic E-state index is -1.10. The Kier molecular flexibility index (Phi) is 5.22. The largest absolute Gasteiger partial charge is 0.481 e. The summed E-state index contributed by atoms with van der Waals surface area (Å²) in [6.45, 7) is 10.0. The summed E-state index contributed by atoms with van der Waals surface area (Å²) in [6, 6.07) is 0. The minimum Gasteiger partial charge on any atom is -0.481 e. The normalized spacial score (nSPS) is 13.8. The fraction of sp³-hybridized carbons (Fsp3) is 0.182. The van der Waals surface area contributed by atoms with Crippen molar-refractivity contribution in [2.24, 2.45) is 5.92 Å². The standard InChI is InChI=1S/C11H13FO2/c1-4-7-9(11(13)14)8(5-2)10(12)6-3/h4-6,9H,1-3,7H2,(H,13,14). The first-order chi connectivity index (χ1) is 6.58. The summed E-state index contributed by atoms with van der Waals surface area (Å²) in [6.07, 6.45) is 3.76. The Labute approximate surface area is 82.8 Å². The smallest absolute Gasteiger partial charge is 0.311 e. The number of rotatable bonds is 6. The lowest BCUT2D eigenvalue weighted by atomic mass is 9.95. The Morgan fingerprint density at radius 1 is 1.36 bits per heavy atom.